The third-order valence-electron chi connectivity index (χ3n) is 15.8. The number of pyridine rings is 1. The number of phosphoric ester groups is 1. The number of phosphoric acid groups is 1. The van der Waals surface area contributed by atoms with Crippen LogP contribution in [0.3, 0.4) is 0 Å². The lowest BCUT2D eigenvalue weighted by atomic mass is 10.0. The number of aromatic nitrogens is 1. The van der Waals surface area contributed by atoms with E-state index in [1.165, 1.54) is 154 Å². The van der Waals surface area contributed by atoms with E-state index in [9.17, 15) is 38.2 Å². The minimum absolute atomic E-state index is 0.0102. The number of halogens is 1. The lowest BCUT2D eigenvalue weighted by molar-refractivity contribution is -0.161. The number of aryl methyl sites for hydroxylation is 1. The van der Waals surface area contributed by atoms with Crippen LogP contribution in [0.25, 0.3) is 0 Å². The monoisotopic (exact) mass is 1270 g/mol. The molecule has 5 amide bonds. The minimum Gasteiger partial charge on any atom is -0.462 e. The average molecular weight is 1270 g/mol. The van der Waals surface area contributed by atoms with Crippen molar-refractivity contribution in [3.05, 3.63) is 53.6 Å². The van der Waals surface area contributed by atoms with Gasteiger partial charge in [-0.25, -0.2) is 18.5 Å². The average Bonchev–Trinajstić information content (AvgIpc) is 3.67. The molecule has 89 heavy (non-hydrogen) atoms. The highest BCUT2D eigenvalue weighted by Crippen LogP contribution is 2.43. The SMILES string of the molecule is CCCCCCCCCCCCCCCCCC(=O)OCC(COP(=O)(O)OCCNC(=O)OCCNC(=O)CCCC(=O)N1CCN(Cc2cccc(NC(=O)Nc3ccc(C)nc3)c2F)CC1)OC(=O)CCCCCCCCCCCCCCCCC. The maximum absolute atomic E-state index is 15.4. The molecule has 0 saturated carbocycles. The summed E-state index contributed by atoms with van der Waals surface area (Å²) >= 11 is 0. The number of carbonyl (C=O) groups excluding carboxylic acids is 6. The molecule has 506 valence electrons. The molecule has 0 aliphatic carbocycles. The molecule has 1 aromatic heterocycles. The summed E-state index contributed by atoms with van der Waals surface area (Å²) < 4.78 is 54.6. The van der Waals surface area contributed by atoms with Crippen LogP contribution in [0, 0.1) is 12.7 Å². The lowest BCUT2D eigenvalue weighted by Gasteiger charge is -2.35. The number of carbonyl (C=O) groups is 6. The normalized spacial score (nSPS) is 13.5. The molecule has 1 aliphatic rings. The summed E-state index contributed by atoms with van der Waals surface area (Å²) in [6.45, 7) is 6.78. The van der Waals surface area contributed by atoms with Crippen molar-refractivity contribution in [2.45, 2.75) is 258 Å². The molecule has 2 aromatic rings. The molecule has 5 N–H and O–H groups in total. The van der Waals surface area contributed by atoms with Gasteiger partial charge < -0.3 is 45.3 Å². The Morgan fingerprint density at radius 3 is 1.65 bits per heavy atom. The number of amides is 5. The molecule has 1 aromatic carbocycles. The molecule has 2 atom stereocenters. The van der Waals surface area contributed by atoms with Crippen LogP contribution in [0.5, 0.6) is 0 Å². The Morgan fingerprint density at radius 1 is 0.584 bits per heavy atom. The van der Waals surface area contributed by atoms with E-state index in [0.29, 0.717) is 63.2 Å². The Balaban J connectivity index is 1.27. The van der Waals surface area contributed by atoms with Crippen LogP contribution in [-0.4, -0.2) is 127 Å². The van der Waals surface area contributed by atoms with Gasteiger partial charge in [0, 0.05) is 76.2 Å². The van der Waals surface area contributed by atoms with Crippen LogP contribution >= 0.6 is 7.82 Å². The Kier molecular flexibility index (Phi) is 44.2. The fourth-order valence-corrected chi connectivity index (χ4v) is 11.2. The maximum Gasteiger partial charge on any atom is 0.472 e. The second-order valence-corrected chi connectivity index (χ2v) is 25.2. The largest absolute Gasteiger partial charge is 0.472 e. The zero-order valence-electron chi connectivity index (χ0n) is 54.6. The second-order valence-electron chi connectivity index (χ2n) is 23.8. The number of nitrogens with one attached hydrogen (secondary N) is 4. The number of anilines is 2. The molecule has 0 spiro atoms. The Morgan fingerprint density at radius 2 is 1.11 bits per heavy atom. The van der Waals surface area contributed by atoms with Gasteiger partial charge in [0.1, 0.15) is 13.2 Å². The molecule has 2 heterocycles. The predicted octanol–water partition coefficient (Wildman–Crippen LogP) is 14.9. The standard InChI is InChI=1S/C67H113FN7O13P/c1-4-6-8-10-12-14-16-18-20-22-24-26-28-30-32-40-63(78)85-54-59(88-64(79)41-33-31-29-27-25-23-21-19-17-15-13-11-9-7-5-2)55-87-89(82,83)86-51-45-70-67(81)84-50-44-69-61(76)38-35-39-62(77)75-48-46-74(47-49-75)53-57-36-34-37-60(65(57)68)73-66(80)72-58-43-42-56(3)71-52-58/h34,36-37,42-43,52,59H,4-33,35,38-41,44-51,53-55H2,1-3H3,(H,69,76)(H,70,81)(H,82,83)(H2,72,73,80). The highest BCUT2D eigenvalue weighted by atomic mass is 31.2. The summed E-state index contributed by atoms with van der Waals surface area (Å²) in [6.07, 6.45) is 36.5. The molecule has 1 fully saturated rings. The van der Waals surface area contributed by atoms with E-state index in [0.717, 1.165) is 44.2 Å². The first-order valence-electron chi connectivity index (χ1n) is 34.1. The van der Waals surface area contributed by atoms with Crippen LogP contribution in [0.15, 0.2) is 36.5 Å². The molecule has 0 bridgehead atoms. The van der Waals surface area contributed by atoms with Crippen molar-refractivity contribution in [1.29, 1.82) is 0 Å². The van der Waals surface area contributed by atoms with Crippen molar-refractivity contribution in [3.8, 4) is 0 Å². The van der Waals surface area contributed by atoms with E-state index in [-0.39, 0.29) is 69.5 Å². The summed E-state index contributed by atoms with van der Waals surface area (Å²) in [7, 11) is -4.71. The molecule has 20 nitrogen and oxygen atoms in total. The molecule has 22 heteroatoms. The Labute approximate surface area is 532 Å². The first kappa shape index (κ1) is 78.0. The molecule has 3 rings (SSSR count). The minimum atomic E-state index is -4.71. The number of benzene rings is 1. The number of alkyl carbamates (subject to hydrolysis) is 1. The molecule has 2 unspecified atom stereocenters. The van der Waals surface area contributed by atoms with Crippen molar-refractivity contribution in [2.24, 2.45) is 0 Å². The highest BCUT2D eigenvalue weighted by Gasteiger charge is 2.27. The number of piperazine rings is 1. The Bertz CT molecular complexity index is 2290. The van der Waals surface area contributed by atoms with E-state index in [2.05, 4.69) is 40.1 Å². The number of ether oxygens (including phenoxy) is 3. The Hall–Kier alpha value is -5.21. The number of rotatable bonds is 53. The van der Waals surface area contributed by atoms with Crippen LogP contribution in [0.4, 0.5) is 25.4 Å². The number of esters is 2. The van der Waals surface area contributed by atoms with Gasteiger partial charge in [-0.15, -0.1) is 0 Å². The van der Waals surface area contributed by atoms with Gasteiger partial charge in [0.15, 0.2) is 11.9 Å². The first-order chi connectivity index (χ1) is 43.2. The van der Waals surface area contributed by atoms with Crippen LogP contribution < -0.4 is 21.3 Å². The summed E-state index contributed by atoms with van der Waals surface area (Å²) in [5.41, 5.74) is 1.72. The van der Waals surface area contributed by atoms with Gasteiger partial charge in [0.25, 0.3) is 0 Å². The summed E-state index contributed by atoms with van der Waals surface area (Å²) in [4.78, 5) is 94.2. The second kappa shape index (κ2) is 50.4. The smallest absolute Gasteiger partial charge is 0.462 e. The topological polar surface area (TPSA) is 253 Å². The first-order valence-corrected chi connectivity index (χ1v) is 35.6. The number of nitrogens with zero attached hydrogens (tertiary/aromatic N) is 3. The van der Waals surface area contributed by atoms with Crippen LogP contribution in [0.2, 0.25) is 0 Å². The van der Waals surface area contributed by atoms with Gasteiger partial charge in [-0.05, 0) is 44.4 Å². The van der Waals surface area contributed by atoms with Gasteiger partial charge in [-0.1, -0.05) is 206 Å². The van der Waals surface area contributed by atoms with E-state index < -0.39 is 57.0 Å². The summed E-state index contributed by atoms with van der Waals surface area (Å²) in [6, 6.07) is 7.67. The predicted molar refractivity (Wildman–Crippen MR) is 348 cm³/mol. The van der Waals surface area contributed by atoms with Gasteiger partial charge in [-0.2, -0.15) is 0 Å². The van der Waals surface area contributed by atoms with Gasteiger partial charge in [0.2, 0.25) is 11.8 Å². The third kappa shape index (κ3) is 41.0. The number of hydrogen-bond acceptors (Lipinski definition) is 14. The van der Waals surface area contributed by atoms with E-state index in [1.807, 2.05) is 11.8 Å². The van der Waals surface area contributed by atoms with E-state index in [1.54, 1.807) is 29.2 Å². The molecular weight excluding hydrogens is 1160 g/mol. The third-order valence-corrected chi connectivity index (χ3v) is 16.8. The zero-order valence-corrected chi connectivity index (χ0v) is 55.5. The van der Waals surface area contributed by atoms with Crippen molar-refractivity contribution in [1.82, 2.24) is 25.4 Å². The van der Waals surface area contributed by atoms with Crippen molar-refractivity contribution in [3.63, 3.8) is 0 Å². The van der Waals surface area contributed by atoms with Crippen molar-refractivity contribution in [2.75, 3.05) is 76.3 Å². The van der Waals surface area contributed by atoms with Crippen molar-refractivity contribution >= 4 is 55.1 Å². The van der Waals surface area contributed by atoms with Crippen molar-refractivity contribution < 1.29 is 65.9 Å². The molecule has 1 aliphatic heterocycles. The van der Waals surface area contributed by atoms with Gasteiger partial charge in [0.05, 0.1) is 37.3 Å². The summed E-state index contributed by atoms with van der Waals surface area (Å²) in [5, 5.41) is 10.2. The van der Waals surface area contributed by atoms with E-state index >= 15 is 4.39 Å². The number of unbranched alkanes of at least 4 members (excludes halogenated alkanes) is 28. The maximum atomic E-state index is 15.4. The molecule has 0 radical (unpaired) electrons. The van der Waals surface area contributed by atoms with E-state index in [4.69, 9.17) is 23.3 Å². The number of hydrogen-bond donors (Lipinski definition) is 5. The van der Waals surface area contributed by atoms with Gasteiger partial charge >= 0.3 is 31.9 Å². The lowest BCUT2D eigenvalue weighted by Crippen LogP contribution is -2.48. The van der Waals surface area contributed by atoms with Gasteiger partial charge in [-0.3, -0.25) is 38.1 Å². The van der Waals surface area contributed by atoms with Crippen LogP contribution in [0.1, 0.15) is 250 Å². The zero-order chi connectivity index (χ0) is 64.4. The molecule has 1 saturated heterocycles. The molecular formula is C67H113FN7O13P. The fourth-order valence-electron chi connectivity index (χ4n) is 10.5. The fraction of sp³-hybridized carbons (Fsp3) is 0.746. The highest BCUT2D eigenvalue weighted by molar-refractivity contribution is 7.47. The van der Waals surface area contributed by atoms with Crippen LogP contribution in [-0.2, 0) is 53.5 Å². The number of urea groups is 1. The quantitative estimate of drug-likeness (QED) is 0.0179. The summed E-state index contributed by atoms with van der Waals surface area (Å²) in [5.74, 6) is -1.93.